The fourth-order valence-corrected chi connectivity index (χ4v) is 3.34. The van der Waals surface area contributed by atoms with Crippen LogP contribution in [0.25, 0.3) is 22.2 Å². The summed E-state index contributed by atoms with van der Waals surface area (Å²) in [5.41, 5.74) is 5.45. The van der Waals surface area contributed by atoms with Gasteiger partial charge in [0.15, 0.2) is 0 Å². The first-order valence-electron chi connectivity index (χ1n) is 8.55. The Hall–Kier alpha value is -2.85. The van der Waals surface area contributed by atoms with Crippen molar-refractivity contribution in [1.82, 2.24) is 14.5 Å². The van der Waals surface area contributed by atoms with Crippen molar-refractivity contribution in [1.29, 1.82) is 0 Å². The van der Waals surface area contributed by atoms with E-state index in [4.69, 9.17) is 0 Å². The second-order valence-corrected chi connectivity index (χ2v) is 6.45. The molecule has 1 unspecified atom stereocenters. The third-order valence-electron chi connectivity index (χ3n) is 4.50. The molecule has 126 valence electrons. The number of hydrogen-bond acceptors (Lipinski definition) is 2. The van der Waals surface area contributed by atoms with Crippen molar-refractivity contribution in [2.24, 2.45) is 0 Å². The van der Waals surface area contributed by atoms with Crippen LogP contribution in [0.1, 0.15) is 18.2 Å². The summed E-state index contributed by atoms with van der Waals surface area (Å²) in [4.78, 5) is 7.97. The average molecular weight is 331 g/mol. The number of para-hydroxylation sites is 1. The predicted molar refractivity (Wildman–Crippen MR) is 100 cm³/mol. The molecule has 0 fully saturated rings. The molecule has 4 aromatic rings. The zero-order chi connectivity index (χ0) is 17.2. The Bertz CT molecular complexity index is 983. The number of aliphatic hydroxyl groups excluding tert-OH is 1. The zero-order valence-corrected chi connectivity index (χ0v) is 14.2. The van der Waals surface area contributed by atoms with Gasteiger partial charge in [-0.15, -0.1) is 0 Å². The molecule has 4 nitrogen and oxygen atoms in total. The Labute approximate surface area is 146 Å². The van der Waals surface area contributed by atoms with Gasteiger partial charge in [-0.2, -0.15) is 0 Å². The van der Waals surface area contributed by atoms with Gasteiger partial charge in [0.2, 0.25) is 0 Å². The fourth-order valence-electron chi connectivity index (χ4n) is 3.34. The molecule has 0 radical (unpaired) electrons. The van der Waals surface area contributed by atoms with Crippen LogP contribution in [0.3, 0.4) is 0 Å². The molecular weight excluding hydrogens is 310 g/mol. The Morgan fingerprint density at radius 1 is 1.08 bits per heavy atom. The van der Waals surface area contributed by atoms with E-state index in [2.05, 4.69) is 50.9 Å². The molecule has 0 aliphatic carbocycles. The molecule has 4 rings (SSSR count). The highest BCUT2D eigenvalue weighted by Crippen LogP contribution is 2.25. The lowest BCUT2D eigenvalue weighted by atomic mass is 10.1. The summed E-state index contributed by atoms with van der Waals surface area (Å²) in [6.45, 7) is 2.54. The summed E-state index contributed by atoms with van der Waals surface area (Å²) in [6.07, 6.45) is 4.00. The number of benzene rings is 2. The number of fused-ring (bicyclic) bond motifs is 1. The van der Waals surface area contributed by atoms with Crippen LogP contribution in [-0.2, 0) is 13.0 Å². The van der Waals surface area contributed by atoms with E-state index < -0.39 is 6.10 Å². The summed E-state index contributed by atoms with van der Waals surface area (Å²) in [5.74, 6) is 0. The summed E-state index contributed by atoms with van der Waals surface area (Å²) in [6, 6.07) is 18.5. The van der Waals surface area contributed by atoms with Gasteiger partial charge in [-0.25, -0.2) is 4.98 Å². The van der Waals surface area contributed by atoms with Crippen molar-refractivity contribution < 1.29 is 5.11 Å². The van der Waals surface area contributed by atoms with Crippen LogP contribution in [-0.4, -0.2) is 25.7 Å². The highest BCUT2D eigenvalue weighted by molar-refractivity contribution is 5.82. The van der Waals surface area contributed by atoms with Gasteiger partial charge in [-0.3, -0.25) is 0 Å². The summed E-state index contributed by atoms with van der Waals surface area (Å²) in [7, 11) is 0. The van der Waals surface area contributed by atoms with E-state index in [9.17, 15) is 5.11 Å². The van der Waals surface area contributed by atoms with Crippen LogP contribution in [0, 0.1) is 0 Å². The van der Waals surface area contributed by atoms with E-state index in [1.54, 1.807) is 0 Å². The standard InChI is InChI=1S/C21H21N3O/c1-15(25)12-19-21(16-6-3-2-4-7-16)23-14-24(19)13-18-9-5-8-17-10-11-22-20(17)18/h2-11,14-15,22,25H,12-13H2,1H3. The lowest BCUT2D eigenvalue weighted by Gasteiger charge is -2.13. The smallest absolute Gasteiger partial charge is 0.0959 e. The highest BCUT2D eigenvalue weighted by Gasteiger charge is 2.15. The van der Waals surface area contributed by atoms with Crippen LogP contribution in [0.2, 0.25) is 0 Å². The first kappa shape index (κ1) is 15.7. The first-order chi connectivity index (χ1) is 12.2. The summed E-state index contributed by atoms with van der Waals surface area (Å²) in [5, 5.41) is 11.2. The predicted octanol–water partition coefficient (Wildman–Crippen LogP) is 4.00. The number of nitrogens with one attached hydrogen (secondary N) is 1. The third kappa shape index (κ3) is 3.08. The van der Waals surface area contributed by atoms with Crippen molar-refractivity contribution >= 4 is 10.9 Å². The van der Waals surface area contributed by atoms with Gasteiger partial charge >= 0.3 is 0 Å². The SMILES string of the molecule is CC(O)Cc1c(-c2ccccc2)ncn1Cc1cccc2cc[nH]c12. The molecule has 0 aliphatic heterocycles. The molecule has 4 heteroatoms. The second-order valence-electron chi connectivity index (χ2n) is 6.45. The summed E-state index contributed by atoms with van der Waals surface area (Å²) >= 11 is 0. The number of imidazole rings is 1. The number of aromatic nitrogens is 3. The molecule has 0 saturated carbocycles. The number of rotatable bonds is 5. The van der Waals surface area contributed by atoms with E-state index >= 15 is 0 Å². The molecule has 0 aliphatic rings. The van der Waals surface area contributed by atoms with Gasteiger partial charge in [0, 0.05) is 23.9 Å². The Balaban J connectivity index is 1.77. The maximum Gasteiger partial charge on any atom is 0.0959 e. The first-order valence-corrected chi connectivity index (χ1v) is 8.55. The fraction of sp³-hybridized carbons (Fsp3) is 0.190. The van der Waals surface area contributed by atoms with Gasteiger partial charge in [0.25, 0.3) is 0 Å². The molecule has 0 saturated heterocycles. The van der Waals surface area contributed by atoms with E-state index in [1.165, 1.54) is 10.9 Å². The second kappa shape index (κ2) is 6.57. The van der Waals surface area contributed by atoms with Crippen LogP contribution in [0.4, 0.5) is 0 Å². The molecule has 1 atom stereocenters. The van der Waals surface area contributed by atoms with Gasteiger partial charge in [0.05, 0.1) is 30.2 Å². The maximum atomic E-state index is 9.98. The number of aliphatic hydroxyl groups is 1. The maximum absolute atomic E-state index is 9.98. The van der Waals surface area contributed by atoms with E-state index in [1.807, 2.05) is 37.6 Å². The quantitative estimate of drug-likeness (QED) is 0.581. The van der Waals surface area contributed by atoms with E-state index in [0.717, 1.165) is 29.0 Å². The van der Waals surface area contributed by atoms with Crippen LogP contribution < -0.4 is 0 Å². The summed E-state index contributed by atoms with van der Waals surface area (Å²) < 4.78 is 2.14. The molecule has 0 spiro atoms. The van der Waals surface area contributed by atoms with Crippen LogP contribution in [0.5, 0.6) is 0 Å². The normalized spacial score (nSPS) is 12.6. The molecular formula is C21H21N3O. The third-order valence-corrected chi connectivity index (χ3v) is 4.50. The minimum atomic E-state index is -0.417. The van der Waals surface area contributed by atoms with Crippen molar-refractivity contribution in [3.05, 3.63) is 78.4 Å². The van der Waals surface area contributed by atoms with Crippen molar-refractivity contribution in [3.8, 4) is 11.3 Å². The molecule has 2 heterocycles. The van der Waals surface area contributed by atoms with Crippen molar-refractivity contribution in [2.45, 2.75) is 26.0 Å². The van der Waals surface area contributed by atoms with E-state index in [0.29, 0.717) is 6.42 Å². The number of hydrogen-bond donors (Lipinski definition) is 2. The Morgan fingerprint density at radius 2 is 1.92 bits per heavy atom. The number of H-pyrrole nitrogens is 1. The lowest BCUT2D eigenvalue weighted by molar-refractivity contribution is 0.193. The molecule has 2 aromatic carbocycles. The minimum Gasteiger partial charge on any atom is -0.393 e. The van der Waals surface area contributed by atoms with Gasteiger partial charge in [0.1, 0.15) is 0 Å². The molecule has 0 amide bonds. The van der Waals surface area contributed by atoms with Gasteiger partial charge < -0.3 is 14.7 Å². The lowest BCUT2D eigenvalue weighted by Crippen LogP contribution is -2.12. The zero-order valence-electron chi connectivity index (χ0n) is 14.2. The molecule has 25 heavy (non-hydrogen) atoms. The Morgan fingerprint density at radius 3 is 2.72 bits per heavy atom. The monoisotopic (exact) mass is 331 g/mol. The van der Waals surface area contributed by atoms with Crippen molar-refractivity contribution in [3.63, 3.8) is 0 Å². The molecule has 2 aromatic heterocycles. The largest absolute Gasteiger partial charge is 0.393 e. The highest BCUT2D eigenvalue weighted by atomic mass is 16.3. The number of aromatic amines is 1. The molecule has 2 N–H and O–H groups in total. The van der Waals surface area contributed by atoms with Gasteiger partial charge in [-0.05, 0) is 23.9 Å². The van der Waals surface area contributed by atoms with Crippen molar-refractivity contribution in [2.75, 3.05) is 0 Å². The Kier molecular flexibility index (Phi) is 4.12. The van der Waals surface area contributed by atoms with Gasteiger partial charge in [-0.1, -0.05) is 48.5 Å². The number of nitrogens with zero attached hydrogens (tertiary/aromatic N) is 2. The molecule has 0 bridgehead atoms. The van der Waals surface area contributed by atoms with Crippen LogP contribution >= 0.6 is 0 Å². The minimum absolute atomic E-state index is 0.417. The van der Waals surface area contributed by atoms with E-state index in [-0.39, 0.29) is 0 Å². The average Bonchev–Trinajstić information content (AvgIpc) is 3.23. The topological polar surface area (TPSA) is 53.8 Å². The van der Waals surface area contributed by atoms with Crippen LogP contribution in [0.15, 0.2) is 67.1 Å².